The van der Waals surface area contributed by atoms with Gasteiger partial charge in [-0.3, -0.25) is 14.1 Å². The van der Waals surface area contributed by atoms with Crippen LogP contribution in [0.2, 0.25) is 0 Å². The molecule has 0 amide bonds. The van der Waals surface area contributed by atoms with E-state index in [0.717, 1.165) is 0 Å². The summed E-state index contributed by atoms with van der Waals surface area (Å²) in [6.45, 7) is 0. The maximum absolute atomic E-state index is 14.2. The van der Waals surface area contributed by atoms with Gasteiger partial charge in [0.25, 0.3) is 10.1 Å². The van der Waals surface area contributed by atoms with E-state index >= 15 is 0 Å². The predicted molar refractivity (Wildman–Crippen MR) is 84.0 cm³/mol. The standard InChI is InChI=1S/C14H10F16O7S/c15-5(16)11(23,24)13(27,28)9(19,20)1-8(7(33)34,3(4(31)32)38(35,36)37)2-10(21,22)14(29,30)12(25,26)6(17)18/h3,5-6H,1-2H2,(H,31,32)(H,33,34)(H,35,36,37). The highest BCUT2D eigenvalue weighted by molar-refractivity contribution is 7.87. The molecular formula is C14H10F16O7S. The number of halogens is 16. The van der Waals surface area contributed by atoms with Crippen molar-refractivity contribution >= 4 is 22.1 Å². The minimum absolute atomic E-state index is 3.69. The number of alkyl halides is 16. The first kappa shape index (κ1) is 35.7. The molecule has 0 aromatic rings. The summed E-state index contributed by atoms with van der Waals surface area (Å²) in [6.07, 6.45) is -20.4. The van der Waals surface area contributed by atoms with Crippen molar-refractivity contribution in [2.45, 2.75) is 66.5 Å². The molecule has 0 radical (unpaired) electrons. The van der Waals surface area contributed by atoms with Gasteiger partial charge in [0.05, 0.1) is 0 Å². The number of rotatable bonds is 14. The molecule has 7 nitrogen and oxygen atoms in total. The zero-order valence-electron chi connectivity index (χ0n) is 17.1. The van der Waals surface area contributed by atoms with Crippen LogP contribution in [0.15, 0.2) is 0 Å². The number of hydrogen-bond donors (Lipinski definition) is 3. The Morgan fingerprint density at radius 3 is 1.05 bits per heavy atom. The van der Waals surface area contributed by atoms with Crippen LogP contribution in [0.25, 0.3) is 0 Å². The summed E-state index contributed by atoms with van der Waals surface area (Å²) in [5, 5.41) is 12.8. The van der Waals surface area contributed by atoms with Crippen LogP contribution in [0.1, 0.15) is 12.8 Å². The molecular weight excluding hydrogens is 616 g/mol. The van der Waals surface area contributed by atoms with E-state index in [9.17, 15) is 88.3 Å². The van der Waals surface area contributed by atoms with Crippen molar-refractivity contribution < 1.29 is 103 Å². The SMILES string of the molecule is O=C(O)C(C(CC(F)(F)C(F)(F)C(F)(F)C(F)F)(CC(F)(F)C(F)(F)C(F)(F)C(F)F)C(=O)O)S(=O)(=O)O. The third-order valence-electron chi connectivity index (χ3n) is 4.83. The predicted octanol–water partition coefficient (Wildman–Crippen LogP) is 4.52. The summed E-state index contributed by atoms with van der Waals surface area (Å²) in [5.74, 6) is -52.2. The van der Waals surface area contributed by atoms with Crippen molar-refractivity contribution in [1.82, 2.24) is 0 Å². The van der Waals surface area contributed by atoms with E-state index in [0.29, 0.717) is 0 Å². The van der Waals surface area contributed by atoms with Crippen molar-refractivity contribution in [2.24, 2.45) is 5.41 Å². The van der Waals surface area contributed by atoms with Crippen LogP contribution >= 0.6 is 0 Å². The number of aliphatic carboxylic acids is 2. The maximum atomic E-state index is 14.2. The summed E-state index contributed by atoms with van der Waals surface area (Å²) < 4.78 is 244. The fourth-order valence-electron chi connectivity index (χ4n) is 2.94. The first-order valence-electron chi connectivity index (χ1n) is 8.57. The van der Waals surface area contributed by atoms with E-state index in [1.54, 1.807) is 0 Å². The van der Waals surface area contributed by atoms with Crippen molar-refractivity contribution in [1.29, 1.82) is 0 Å². The average Bonchev–Trinajstić information content (AvgIpc) is 2.64. The molecule has 0 aliphatic rings. The smallest absolute Gasteiger partial charge is 0.377 e. The minimum Gasteiger partial charge on any atom is -0.481 e. The lowest BCUT2D eigenvalue weighted by atomic mass is 9.71. The van der Waals surface area contributed by atoms with Crippen molar-refractivity contribution in [3.63, 3.8) is 0 Å². The van der Waals surface area contributed by atoms with Gasteiger partial charge in [0.15, 0.2) is 5.25 Å². The summed E-state index contributed by atoms with van der Waals surface area (Å²) in [5.41, 5.74) is -5.92. The van der Waals surface area contributed by atoms with E-state index in [1.165, 1.54) is 0 Å². The summed E-state index contributed by atoms with van der Waals surface area (Å²) in [6, 6.07) is 0. The summed E-state index contributed by atoms with van der Waals surface area (Å²) in [7, 11) is -7.11. The monoisotopic (exact) mass is 626 g/mol. The molecule has 0 heterocycles. The molecule has 0 spiro atoms. The molecule has 3 N–H and O–H groups in total. The van der Waals surface area contributed by atoms with E-state index < -0.39 is 93.9 Å². The molecule has 0 aliphatic carbocycles. The van der Waals surface area contributed by atoms with Crippen LogP contribution in [0.3, 0.4) is 0 Å². The molecule has 0 aliphatic heterocycles. The van der Waals surface area contributed by atoms with Crippen molar-refractivity contribution in [2.75, 3.05) is 0 Å². The molecule has 0 bridgehead atoms. The Hall–Kier alpha value is -2.27. The van der Waals surface area contributed by atoms with Gasteiger partial charge >= 0.3 is 60.3 Å². The van der Waals surface area contributed by atoms with E-state index in [-0.39, 0.29) is 0 Å². The molecule has 38 heavy (non-hydrogen) atoms. The fraction of sp³-hybridized carbons (Fsp3) is 0.857. The lowest BCUT2D eigenvalue weighted by Crippen LogP contribution is -2.65. The van der Waals surface area contributed by atoms with Gasteiger partial charge in [0, 0.05) is 12.8 Å². The van der Waals surface area contributed by atoms with Gasteiger partial charge in [-0.05, 0) is 0 Å². The van der Waals surface area contributed by atoms with Gasteiger partial charge in [-0.15, -0.1) is 0 Å². The first-order chi connectivity index (χ1) is 16.3. The largest absolute Gasteiger partial charge is 0.481 e. The maximum Gasteiger partial charge on any atom is 0.377 e. The van der Waals surface area contributed by atoms with Gasteiger partial charge in [-0.1, -0.05) is 0 Å². The Morgan fingerprint density at radius 1 is 0.632 bits per heavy atom. The number of carboxylic acids is 2. The van der Waals surface area contributed by atoms with Gasteiger partial charge in [-0.2, -0.15) is 61.1 Å². The Kier molecular flexibility index (Phi) is 9.44. The Morgan fingerprint density at radius 2 is 0.895 bits per heavy atom. The molecule has 0 aromatic heterocycles. The third-order valence-corrected chi connectivity index (χ3v) is 6.08. The van der Waals surface area contributed by atoms with Crippen LogP contribution in [0, 0.1) is 5.41 Å². The molecule has 1 unspecified atom stereocenters. The van der Waals surface area contributed by atoms with Crippen molar-refractivity contribution in [3.05, 3.63) is 0 Å². The minimum atomic E-state index is -7.66. The summed E-state index contributed by atoms with van der Waals surface area (Å²) in [4.78, 5) is 22.7. The number of hydrogen-bond acceptors (Lipinski definition) is 4. The van der Waals surface area contributed by atoms with Crippen LogP contribution in [-0.4, -0.2) is 88.8 Å². The highest BCUT2D eigenvalue weighted by Gasteiger charge is 2.81. The fourth-order valence-corrected chi connectivity index (χ4v) is 4.03. The van der Waals surface area contributed by atoms with Crippen molar-refractivity contribution in [3.8, 4) is 0 Å². The molecule has 0 fully saturated rings. The number of carbonyl (C=O) groups is 2. The second kappa shape index (κ2) is 10.0. The molecule has 24 heteroatoms. The second-order valence-corrected chi connectivity index (χ2v) is 8.95. The molecule has 0 saturated carbocycles. The molecule has 0 saturated heterocycles. The molecule has 226 valence electrons. The first-order valence-corrected chi connectivity index (χ1v) is 10.1. The second-order valence-electron chi connectivity index (χ2n) is 7.45. The molecule has 0 rings (SSSR count). The Bertz CT molecular complexity index is 964. The van der Waals surface area contributed by atoms with Gasteiger partial charge in [-0.25, -0.2) is 17.6 Å². The van der Waals surface area contributed by atoms with Crippen LogP contribution in [0.4, 0.5) is 70.2 Å². The normalized spacial score (nSPS) is 16.2. The van der Waals surface area contributed by atoms with Gasteiger partial charge < -0.3 is 10.2 Å². The Balaban J connectivity index is 7.66. The van der Waals surface area contributed by atoms with E-state index in [4.69, 9.17) is 14.8 Å². The Labute approximate surface area is 198 Å². The van der Waals surface area contributed by atoms with Gasteiger partial charge in [0.2, 0.25) is 0 Å². The zero-order valence-corrected chi connectivity index (χ0v) is 17.9. The van der Waals surface area contributed by atoms with E-state index in [2.05, 4.69) is 0 Å². The highest BCUT2D eigenvalue weighted by Crippen LogP contribution is 2.58. The highest BCUT2D eigenvalue weighted by atomic mass is 32.2. The quantitative estimate of drug-likeness (QED) is 0.191. The van der Waals surface area contributed by atoms with Gasteiger partial charge in [0.1, 0.15) is 5.41 Å². The lowest BCUT2D eigenvalue weighted by molar-refractivity contribution is -0.354. The topological polar surface area (TPSA) is 129 Å². The zero-order chi connectivity index (χ0) is 31.3. The third kappa shape index (κ3) is 5.68. The number of carboxylic acid groups (broad SMARTS) is 2. The van der Waals surface area contributed by atoms with Crippen LogP contribution in [-0.2, 0) is 19.7 Å². The molecule has 0 aromatic carbocycles. The average molecular weight is 626 g/mol. The van der Waals surface area contributed by atoms with Crippen LogP contribution in [0.5, 0.6) is 0 Å². The lowest BCUT2D eigenvalue weighted by Gasteiger charge is -2.42. The van der Waals surface area contributed by atoms with Crippen LogP contribution < -0.4 is 0 Å². The molecule has 1 atom stereocenters. The van der Waals surface area contributed by atoms with E-state index in [1.807, 2.05) is 0 Å². The summed E-state index contributed by atoms with van der Waals surface area (Å²) >= 11 is 0.